The number of amides is 1. The SMILES string of the molecule is CC(O)C(C)(C)NC(=O)c1cc(F)cc(F)c1. The third-order valence-corrected chi connectivity index (χ3v) is 2.60. The van der Waals surface area contributed by atoms with Crippen LogP contribution >= 0.6 is 0 Å². The number of aliphatic hydroxyl groups is 1. The van der Waals surface area contributed by atoms with E-state index < -0.39 is 29.2 Å². The van der Waals surface area contributed by atoms with Gasteiger partial charge in [0, 0.05) is 11.6 Å². The van der Waals surface area contributed by atoms with Gasteiger partial charge in [0.15, 0.2) is 0 Å². The highest BCUT2D eigenvalue weighted by molar-refractivity contribution is 5.94. The predicted molar refractivity (Wildman–Crippen MR) is 59.6 cm³/mol. The van der Waals surface area contributed by atoms with E-state index in [1.54, 1.807) is 13.8 Å². The zero-order valence-electron chi connectivity index (χ0n) is 9.92. The van der Waals surface area contributed by atoms with Crippen LogP contribution in [0.1, 0.15) is 31.1 Å². The van der Waals surface area contributed by atoms with Crippen molar-refractivity contribution in [1.82, 2.24) is 5.32 Å². The smallest absolute Gasteiger partial charge is 0.251 e. The average Bonchev–Trinajstić information content (AvgIpc) is 2.15. The topological polar surface area (TPSA) is 49.3 Å². The number of carbonyl (C=O) groups is 1. The van der Waals surface area contributed by atoms with Crippen molar-refractivity contribution < 1.29 is 18.7 Å². The third-order valence-electron chi connectivity index (χ3n) is 2.60. The van der Waals surface area contributed by atoms with Crippen LogP contribution in [0.25, 0.3) is 0 Å². The lowest BCUT2D eigenvalue weighted by Crippen LogP contribution is -2.51. The molecule has 0 radical (unpaired) electrons. The lowest BCUT2D eigenvalue weighted by Gasteiger charge is -2.29. The molecule has 17 heavy (non-hydrogen) atoms. The average molecular weight is 243 g/mol. The fourth-order valence-electron chi connectivity index (χ4n) is 1.15. The lowest BCUT2D eigenvalue weighted by molar-refractivity contribution is 0.0708. The molecule has 0 aliphatic heterocycles. The monoisotopic (exact) mass is 243 g/mol. The quantitative estimate of drug-likeness (QED) is 0.851. The molecule has 1 unspecified atom stereocenters. The summed E-state index contributed by atoms with van der Waals surface area (Å²) >= 11 is 0. The van der Waals surface area contributed by atoms with Gasteiger partial charge in [-0.1, -0.05) is 0 Å². The van der Waals surface area contributed by atoms with Gasteiger partial charge in [-0.2, -0.15) is 0 Å². The van der Waals surface area contributed by atoms with Gasteiger partial charge in [-0.05, 0) is 32.9 Å². The molecule has 1 amide bonds. The number of nitrogens with one attached hydrogen (secondary N) is 1. The third kappa shape index (κ3) is 3.49. The van der Waals surface area contributed by atoms with E-state index in [9.17, 15) is 18.7 Å². The van der Waals surface area contributed by atoms with Crippen molar-refractivity contribution in [3.63, 3.8) is 0 Å². The van der Waals surface area contributed by atoms with E-state index in [4.69, 9.17) is 0 Å². The Bertz CT molecular complexity index is 410. The van der Waals surface area contributed by atoms with Gasteiger partial charge < -0.3 is 10.4 Å². The van der Waals surface area contributed by atoms with Gasteiger partial charge in [-0.15, -0.1) is 0 Å². The first kappa shape index (κ1) is 13.6. The summed E-state index contributed by atoms with van der Waals surface area (Å²) in [6, 6.07) is 2.57. The Morgan fingerprint density at radius 2 is 1.76 bits per heavy atom. The molecule has 1 aromatic rings. The van der Waals surface area contributed by atoms with Crippen LogP contribution in [-0.2, 0) is 0 Å². The Kier molecular flexibility index (Phi) is 3.83. The number of rotatable bonds is 3. The summed E-state index contributed by atoms with van der Waals surface area (Å²) in [6.45, 7) is 4.75. The largest absolute Gasteiger partial charge is 0.391 e. The molecule has 94 valence electrons. The lowest BCUT2D eigenvalue weighted by atomic mass is 9.98. The van der Waals surface area contributed by atoms with Gasteiger partial charge in [-0.3, -0.25) is 4.79 Å². The van der Waals surface area contributed by atoms with Crippen molar-refractivity contribution in [2.24, 2.45) is 0 Å². The summed E-state index contributed by atoms with van der Waals surface area (Å²) in [6.07, 6.45) is -0.787. The molecule has 1 rings (SSSR count). The Balaban J connectivity index is 2.91. The van der Waals surface area contributed by atoms with E-state index in [0.29, 0.717) is 6.07 Å². The second-order valence-corrected chi connectivity index (χ2v) is 4.51. The molecule has 0 aromatic heterocycles. The van der Waals surface area contributed by atoms with Crippen molar-refractivity contribution in [3.8, 4) is 0 Å². The minimum absolute atomic E-state index is 0.115. The second kappa shape index (κ2) is 4.79. The maximum Gasteiger partial charge on any atom is 0.251 e. The molecule has 0 saturated heterocycles. The van der Waals surface area contributed by atoms with Gasteiger partial charge in [0.1, 0.15) is 11.6 Å². The maximum atomic E-state index is 12.9. The van der Waals surface area contributed by atoms with Crippen molar-refractivity contribution in [3.05, 3.63) is 35.4 Å². The fraction of sp³-hybridized carbons (Fsp3) is 0.417. The first-order chi connectivity index (χ1) is 7.72. The molecule has 5 heteroatoms. The molecule has 0 aliphatic carbocycles. The van der Waals surface area contributed by atoms with Gasteiger partial charge in [0.05, 0.1) is 11.6 Å². The fourth-order valence-corrected chi connectivity index (χ4v) is 1.15. The summed E-state index contributed by atoms with van der Waals surface area (Å²) in [5.41, 5.74) is -0.990. The first-order valence-electron chi connectivity index (χ1n) is 5.19. The molecule has 1 atom stereocenters. The highest BCUT2D eigenvalue weighted by Crippen LogP contribution is 2.12. The number of carbonyl (C=O) groups excluding carboxylic acids is 1. The van der Waals surface area contributed by atoms with E-state index in [2.05, 4.69) is 5.32 Å². The molecule has 0 fully saturated rings. The number of hydrogen-bond donors (Lipinski definition) is 2. The normalized spacial score (nSPS) is 13.3. The van der Waals surface area contributed by atoms with Gasteiger partial charge in [0.25, 0.3) is 5.91 Å². The molecule has 0 aliphatic rings. The van der Waals surface area contributed by atoms with Gasteiger partial charge in [0.2, 0.25) is 0 Å². The molecule has 0 heterocycles. The minimum Gasteiger partial charge on any atom is -0.391 e. The van der Waals surface area contributed by atoms with Crippen molar-refractivity contribution in [1.29, 1.82) is 0 Å². The molecular formula is C12H15F2NO2. The Morgan fingerprint density at radius 1 is 1.29 bits per heavy atom. The van der Waals surface area contributed by atoms with Crippen molar-refractivity contribution in [2.45, 2.75) is 32.4 Å². The molecular weight excluding hydrogens is 228 g/mol. The summed E-state index contributed by atoms with van der Waals surface area (Å²) in [5.74, 6) is -2.26. The zero-order valence-corrected chi connectivity index (χ0v) is 9.92. The van der Waals surface area contributed by atoms with Crippen LogP contribution in [-0.4, -0.2) is 22.7 Å². The minimum atomic E-state index is -0.875. The predicted octanol–water partition coefficient (Wildman–Crippen LogP) is 1.85. The molecule has 0 bridgehead atoms. The maximum absolute atomic E-state index is 12.9. The molecule has 3 nitrogen and oxygen atoms in total. The van der Waals surface area contributed by atoms with Crippen LogP contribution in [0.2, 0.25) is 0 Å². The standard InChI is InChI=1S/C12H15F2NO2/c1-7(16)12(2,3)15-11(17)8-4-9(13)6-10(14)5-8/h4-7,16H,1-3H3,(H,15,17). The van der Waals surface area contributed by atoms with E-state index in [-0.39, 0.29) is 5.56 Å². The van der Waals surface area contributed by atoms with E-state index in [0.717, 1.165) is 12.1 Å². The molecule has 1 aromatic carbocycles. The summed E-state index contributed by atoms with van der Waals surface area (Å²) in [4.78, 5) is 11.7. The summed E-state index contributed by atoms with van der Waals surface area (Å²) < 4.78 is 25.8. The van der Waals surface area contributed by atoms with Crippen molar-refractivity contribution in [2.75, 3.05) is 0 Å². The summed E-state index contributed by atoms with van der Waals surface area (Å²) in [7, 11) is 0. The Hall–Kier alpha value is -1.49. The number of aliphatic hydroxyl groups excluding tert-OH is 1. The highest BCUT2D eigenvalue weighted by atomic mass is 19.1. The summed E-state index contributed by atoms with van der Waals surface area (Å²) in [5, 5.41) is 11.9. The van der Waals surface area contributed by atoms with Crippen molar-refractivity contribution >= 4 is 5.91 Å². The molecule has 0 saturated carbocycles. The van der Waals surface area contributed by atoms with Gasteiger partial charge >= 0.3 is 0 Å². The van der Waals surface area contributed by atoms with Crippen LogP contribution in [0.4, 0.5) is 8.78 Å². The molecule has 2 N–H and O–H groups in total. The van der Waals surface area contributed by atoms with Crippen LogP contribution in [0.15, 0.2) is 18.2 Å². The first-order valence-corrected chi connectivity index (χ1v) is 5.19. The number of hydrogen-bond acceptors (Lipinski definition) is 2. The Morgan fingerprint density at radius 3 is 2.18 bits per heavy atom. The van der Waals surface area contributed by atoms with Crippen LogP contribution in [0.5, 0.6) is 0 Å². The van der Waals surface area contributed by atoms with E-state index >= 15 is 0 Å². The highest BCUT2D eigenvalue weighted by Gasteiger charge is 2.26. The zero-order chi connectivity index (χ0) is 13.2. The second-order valence-electron chi connectivity index (χ2n) is 4.51. The Labute approximate surface area is 98.5 Å². The number of halogens is 2. The van der Waals surface area contributed by atoms with Crippen LogP contribution < -0.4 is 5.32 Å². The van der Waals surface area contributed by atoms with Crippen LogP contribution in [0, 0.1) is 11.6 Å². The van der Waals surface area contributed by atoms with E-state index in [1.165, 1.54) is 6.92 Å². The van der Waals surface area contributed by atoms with E-state index in [1.807, 2.05) is 0 Å². The van der Waals surface area contributed by atoms with Crippen LogP contribution in [0.3, 0.4) is 0 Å². The van der Waals surface area contributed by atoms with Gasteiger partial charge in [-0.25, -0.2) is 8.78 Å². The number of benzene rings is 1. The molecule has 0 spiro atoms.